The SMILES string of the molecule is CCC(Oc1ccccc1C)C(=O)N(C)CC(=O)N1CCCC(C(=O)O)C1. The number of amides is 2. The molecule has 7 nitrogen and oxygen atoms in total. The van der Waals surface area contributed by atoms with Gasteiger partial charge in [-0.05, 0) is 37.8 Å². The van der Waals surface area contributed by atoms with Crippen molar-refractivity contribution in [3.05, 3.63) is 29.8 Å². The lowest BCUT2D eigenvalue weighted by Gasteiger charge is -2.32. The van der Waals surface area contributed by atoms with Crippen LogP contribution in [0.5, 0.6) is 5.75 Å². The Bertz CT molecular complexity index is 691. The van der Waals surface area contributed by atoms with Gasteiger partial charge in [0.1, 0.15) is 5.75 Å². The van der Waals surface area contributed by atoms with Crippen LogP contribution in [0.3, 0.4) is 0 Å². The number of nitrogens with zero attached hydrogens (tertiary/aromatic N) is 2. The molecule has 2 atom stereocenters. The van der Waals surface area contributed by atoms with Gasteiger partial charge in [-0.25, -0.2) is 0 Å². The van der Waals surface area contributed by atoms with Crippen LogP contribution in [0.25, 0.3) is 0 Å². The Labute approximate surface area is 159 Å². The number of carboxylic acid groups (broad SMARTS) is 1. The fourth-order valence-electron chi connectivity index (χ4n) is 3.18. The molecule has 0 aliphatic carbocycles. The number of hydrogen-bond donors (Lipinski definition) is 1. The number of rotatable bonds is 7. The molecule has 7 heteroatoms. The second kappa shape index (κ2) is 9.39. The fraction of sp³-hybridized carbons (Fsp3) is 0.550. The van der Waals surface area contributed by atoms with Crippen molar-refractivity contribution in [3.63, 3.8) is 0 Å². The third-order valence-corrected chi connectivity index (χ3v) is 4.88. The van der Waals surface area contributed by atoms with E-state index in [0.717, 1.165) is 5.56 Å². The van der Waals surface area contributed by atoms with Gasteiger partial charge in [-0.1, -0.05) is 25.1 Å². The first-order chi connectivity index (χ1) is 12.8. The van der Waals surface area contributed by atoms with E-state index in [4.69, 9.17) is 9.84 Å². The minimum atomic E-state index is -0.880. The van der Waals surface area contributed by atoms with Crippen LogP contribution in [0.4, 0.5) is 0 Å². The number of likely N-dealkylation sites (N-methyl/N-ethyl adjacent to an activating group) is 1. The van der Waals surface area contributed by atoms with E-state index in [0.29, 0.717) is 31.6 Å². The Balaban J connectivity index is 1.95. The normalized spacial score (nSPS) is 17.9. The molecule has 148 valence electrons. The van der Waals surface area contributed by atoms with E-state index in [1.54, 1.807) is 7.05 Å². The number of piperidine rings is 1. The van der Waals surface area contributed by atoms with Gasteiger partial charge in [-0.15, -0.1) is 0 Å². The molecule has 2 rings (SSSR count). The largest absolute Gasteiger partial charge is 0.481 e. The maximum absolute atomic E-state index is 12.7. The summed E-state index contributed by atoms with van der Waals surface area (Å²) in [5.41, 5.74) is 0.940. The quantitative estimate of drug-likeness (QED) is 0.786. The number of ether oxygens (including phenoxy) is 1. The number of hydrogen-bond acceptors (Lipinski definition) is 4. The van der Waals surface area contributed by atoms with Crippen molar-refractivity contribution < 1.29 is 24.2 Å². The first kappa shape index (κ1) is 20.7. The molecule has 27 heavy (non-hydrogen) atoms. The maximum Gasteiger partial charge on any atom is 0.308 e. The zero-order valence-corrected chi connectivity index (χ0v) is 16.2. The number of carbonyl (C=O) groups is 3. The summed E-state index contributed by atoms with van der Waals surface area (Å²) in [6.45, 7) is 4.42. The van der Waals surface area contributed by atoms with Gasteiger partial charge in [-0.2, -0.15) is 0 Å². The number of carboxylic acids is 1. The third-order valence-electron chi connectivity index (χ3n) is 4.88. The lowest BCUT2D eigenvalue weighted by Crippen LogP contribution is -2.49. The number of benzene rings is 1. The van der Waals surface area contributed by atoms with E-state index < -0.39 is 18.0 Å². The van der Waals surface area contributed by atoms with Gasteiger partial charge in [-0.3, -0.25) is 14.4 Å². The standard InChI is InChI=1S/C20H28N2O5/c1-4-16(27-17-10-6-5-8-14(17)2)19(24)21(3)13-18(23)22-11-7-9-15(12-22)20(25)26/h5-6,8,10,15-16H,4,7,9,11-13H2,1-3H3,(H,25,26). The zero-order valence-electron chi connectivity index (χ0n) is 16.2. The van der Waals surface area contributed by atoms with Crippen molar-refractivity contribution >= 4 is 17.8 Å². The summed E-state index contributed by atoms with van der Waals surface area (Å²) in [4.78, 5) is 39.3. The molecule has 1 fully saturated rings. The third kappa shape index (κ3) is 5.45. The van der Waals surface area contributed by atoms with Crippen molar-refractivity contribution in [1.82, 2.24) is 9.80 Å². The monoisotopic (exact) mass is 376 g/mol. The Morgan fingerprint density at radius 3 is 2.67 bits per heavy atom. The highest BCUT2D eigenvalue weighted by Gasteiger charge is 2.30. The zero-order chi connectivity index (χ0) is 20.0. The van der Waals surface area contributed by atoms with Gasteiger partial charge < -0.3 is 19.6 Å². The molecular weight excluding hydrogens is 348 g/mol. The van der Waals surface area contributed by atoms with Crippen LogP contribution in [0, 0.1) is 12.8 Å². The van der Waals surface area contributed by atoms with Crippen LogP contribution in [0.15, 0.2) is 24.3 Å². The van der Waals surface area contributed by atoms with Crippen LogP contribution >= 0.6 is 0 Å². The highest BCUT2D eigenvalue weighted by Crippen LogP contribution is 2.20. The van der Waals surface area contributed by atoms with E-state index in [1.807, 2.05) is 38.1 Å². The molecule has 0 bridgehead atoms. The van der Waals surface area contributed by atoms with E-state index >= 15 is 0 Å². The predicted molar refractivity (Wildman–Crippen MR) is 100 cm³/mol. The molecule has 1 aliphatic heterocycles. The van der Waals surface area contributed by atoms with Crippen molar-refractivity contribution in [2.45, 2.75) is 39.2 Å². The number of para-hydroxylation sites is 1. The van der Waals surface area contributed by atoms with E-state index in [2.05, 4.69) is 0 Å². The Morgan fingerprint density at radius 2 is 2.04 bits per heavy atom. The highest BCUT2D eigenvalue weighted by molar-refractivity contribution is 5.87. The molecule has 1 N–H and O–H groups in total. The molecule has 0 aromatic heterocycles. The lowest BCUT2D eigenvalue weighted by molar-refractivity contribution is -0.148. The summed E-state index contributed by atoms with van der Waals surface area (Å²) in [7, 11) is 1.57. The molecule has 1 aromatic rings. The van der Waals surface area contributed by atoms with Gasteiger partial charge in [0.25, 0.3) is 5.91 Å². The van der Waals surface area contributed by atoms with Crippen molar-refractivity contribution in [3.8, 4) is 5.75 Å². The molecule has 1 aliphatic rings. The van der Waals surface area contributed by atoms with Crippen LogP contribution in [-0.2, 0) is 14.4 Å². The molecule has 1 saturated heterocycles. The van der Waals surface area contributed by atoms with Crippen molar-refractivity contribution in [2.75, 3.05) is 26.7 Å². The summed E-state index contributed by atoms with van der Waals surface area (Å²) in [5, 5.41) is 9.16. The number of aliphatic carboxylic acids is 1. The smallest absolute Gasteiger partial charge is 0.308 e. The lowest BCUT2D eigenvalue weighted by atomic mass is 9.98. The Morgan fingerprint density at radius 1 is 1.33 bits per heavy atom. The Hall–Kier alpha value is -2.57. The molecule has 0 saturated carbocycles. The highest BCUT2D eigenvalue weighted by atomic mass is 16.5. The van der Waals surface area contributed by atoms with Gasteiger partial charge in [0.15, 0.2) is 6.10 Å². The first-order valence-corrected chi connectivity index (χ1v) is 9.31. The van der Waals surface area contributed by atoms with Crippen molar-refractivity contribution in [1.29, 1.82) is 0 Å². The summed E-state index contributed by atoms with van der Waals surface area (Å²) in [5.74, 6) is -1.26. The topological polar surface area (TPSA) is 87.2 Å². The van der Waals surface area contributed by atoms with E-state index in [1.165, 1.54) is 9.80 Å². The van der Waals surface area contributed by atoms with Gasteiger partial charge in [0, 0.05) is 20.1 Å². The molecule has 1 heterocycles. The van der Waals surface area contributed by atoms with Crippen LogP contribution in [0.2, 0.25) is 0 Å². The number of carbonyl (C=O) groups excluding carboxylic acids is 2. The molecular formula is C20H28N2O5. The summed E-state index contributed by atoms with van der Waals surface area (Å²) in [6, 6.07) is 7.48. The maximum atomic E-state index is 12.7. The predicted octanol–water partition coefficient (Wildman–Crippen LogP) is 1.93. The molecule has 2 amide bonds. The average Bonchev–Trinajstić information content (AvgIpc) is 2.66. The minimum Gasteiger partial charge on any atom is -0.481 e. The minimum absolute atomic E-state index is 0.0845. The van der Waals surface area contributed by atoms with Crippen molar-refractivity contribution in [2.24, 2.45) is 5.92 Å². The second-order valence-electron chi connectivity index (χ2n) is 6.99. The molecule has 0 spiro atoms. The van der Waals surface area contributed by atoms with Gasteiger partial charge in [0.2, 0.25) is 5.91 Å². The Kier molecular flexibility index (Phi) is 7.21. The van der Waals surface area contributed by atoms with Gasteiger partial charge in [0.05, 0.1) is 12.5 Å². The molecule has 1 aromatic carbocycles. The van der Waals surface area contributed by atoms with Crippen LogP contribution in [-0.4, -0.2) is 65.5 Å². The van der Waals surface area contributed by atoms with E-state index in [-0.39, 0.29) is 24.9 Å². The summed E-state index contributed by atoms with van der Waals surface area (Å²) < 4.78 is 5.86. The molecule has 0 radical (unpaired) electrons. The second-order valence-corrected chi connectivity index (χ2v) is 6.99. The number of aryl methyl sites for hydroxylation is 1. The summed E-state index contributed by atoms with van der Waals surface area (Å²) >= 11 is 0. The van der Waals surface area contributed by atoms with Gasteiger partial charge >= 0.3 is 5.97 Å². The number of likely N-dealkylation sites (tertiary alicyclic amines) is 1. The van der Waals surface area contributed by atoms with Crippen LogP contribution < -0.4 is 4.74 Å². The first-order valence-electron chi connectivity index (χ1n) is 9.31. The van der Waals surface area contributed by atoms with Crippen LogP contribution in [0.1, 0.15) is 31.7 Å². The van der Waals surface area contributed by atoms with E-state index in [9.17, 15) is 14.4 Å². The fourth-order valence-corrected chi connectivity index (χ4v) is 3.18. The molecule has 2 unspecified atom stereocenters. The average molecular weight is 376 g/mol. The summed E-state index contributed by atoms with van der Waals surface area (Å²) in [6.07, 6.45) is 1.05.